The Labute approximate surface area is 118 Å². The van der Waals surface area contributed by atoms with E-state index in [1.165, 1.54) is 38.2 Å². The zero-order valence-electron chi connectivity index (χ0n) is 11.0. The minimum absolute atomic E-state index is 0.236. The van der Waals surface area contributed by atoms with Gasteiger partial charge in [0.25, 0.3) is 0 Å². The molecule has 0 bridgehead atoms. The molecule has 1 aliphatic carbocycles. The summed E-state index contributed by atoms with van der Waals surface area (Å²) in [5.74, 6) is 5.76. The summed E-state index contributed by atoms with van der Waals surface area (Å²) in [5.41, 5.74) is 1.50. The number of thioether (sulfide) groups is 1. The molecule has 0 aliphatic heterocycles. The third-order valence-corrected chi connectivity index (χ3v) is 4.81. The van der Waals surface area contributed by atoms with Gasteiger partial charge in [0, 0.05) is 11.0 Å². The molecule has 1 aliphatic rings. The predicted molar refractivity (Wildman–Crippen MR) is 78.5 cm³/mol. The summed E-state index contributed by atoms with van der Waals surface area (Å²) >= 11 is 1.97. The molecule has 0 amide bonds. The van der Waals surface area contributed by atoms with Crippen molar-refractivity contribution in [2.45, 2.75) is 43.1 Å². The van der Waals surface area contributed by atoms with Crippen molar-refractivity contribution in [3.8, 4) is 11.8 Å². The molecule has 0 saturated heterocycles. The van der Waals surface area contributed by atoms with Gasteiger partial charge in [-0.05, 0) is 30.5 Å². The Balaban J connectivity index is 1.96. The topological polar surface area (TPSA) is 20.2 Å². The Morgan fingerprint density at radius 3 is 2.79 bits per heavy atom. The van der Waals surface area contributed by atoms with E-state index in [2.05, 4.69) is 11.8 Å². The van der Waals surface area contributed by atoms with E-state index in [1.54, 1.807) is 6.07 Å². The fraction of sp³-hybridized carbons (Fsp3) is 0.500. The lowest BCUT2D eigenvalue weighted by molar-refractivity contribution is 0.350. The van der Waals surface area contributed by atoms with Gasteiger partial charge < -0.3 is 5.11 Å². The molecule has 0 aromatic heterocycles. The van der Waals surface area contributed by atoms with E-state index in [0.717, 1.165) is 16.6 Å². The standard InChI is InChI=1S/C16H19FOS/c17-16-9-8-13(11-14(16)5-4-10-18)12-19-15-6-2-1-3-7-15/h8-9,11,15,18H,1-3,6-7,10,12H2. The van der Waals surface area contributed by atoms with Gasteiger partial charge in [0.1, 0.15) is 12.4 Å². The molecule has 1 N–H and O–H groups in total. The quantitative estimate of drug-likeness (QED) is 0.850. The van der Waals surface area contributed by atoms with E-state index in [1.807, 2.05) is 17.8 Å². The summed E-state index contributed by atoms with van der Waals surface area (Å²) in [4.78, 5) is 0. The van der Waals surface area contributed by atoms with Gasteiger partial charge in [-0.2, -0.15) is 11.8 Å². The van der Waals surface area contributed by atoms with Crippen LogP contribution in [0.2, 0.25) is 0 Å². The van der Waals surface area contributed by atoms with Gasteiger partial charge in [-0.3, -0.25) is 0 Å². The van der Waals surface area contributed by atoms with Gasteiger partial charge >= 0.3 is 0 Å². The van der Waals surface area contributed by atoms with E-state index in [9.17, 15) is 4.39 Å². The Kier molecular flexibility index (Phi) is 5.75. The Morgan fingerprint density at radius 2 is 2.05 bits per heavy atom. The molecule has 1 nitrogen and oxygen atoms in total. The van der Waals surface area contributed by atoms with Crippen LogP contribution in [0.3, 0.4) is 0 Å². The fourth-order valence-electron chi connectivity index (χ4n) is 2.34. The molecule has 0 radical (unpaired) electrons. The minimum Gasteiger partial charge on any atom is -0.384 e. The lowest BCUT2D eigenvalue weighted by atomic mass is 10.0. The average Bonchev–Trinajstić information content (AvgIpc) is 2.46. The molecule has 19 heavy (non-hydrogen) atoms. The molecule has 2 rings (SSSR count). The van der Waals surface area contributed by atoms with E-state index in [0.29, 0.717) is 5.56 Å². The number of halogens is 1. The molecule has 0 unspecified atom stereocenters. The van der Waals surface area contributed by atoms with Crippen molar-refractivity contribution < 1.29 is 9.50 Å². The maximum absolute atomic E-state index is 13.5. The number of aliphatic hydroxyl groups excluding tert-OH is 1. The van der Waals surface area contributed by atoms with Crippen LogP contribution in [-0.2, 0) is 5.75 Å². The number of hydrogen-bond acceptors (Lipinski definition) is 2. The molecule has 0 spiro atoms. The smallest absolute Gasteiger partial charge is 0.138 e. The van der Waals surface area contributed by atoms with Crippen LogP contribution < -0.4 is 0 Å². The number of benzene rings is 1. The zero-order chi connectivity index (χ0) is 13.5. The van der Waals surface area contributed by atoms with Gasteiger partial charge in [-0.15, -0.1) is 0 Å². The van der Waals surface area contributed by atoms with Gasteiger partial charge in [0.05, 0.1) is 5.56 Å². The first-order chi connectivity index (χ1) is 9.29. The molecule has 102 valence electrons. The second-order valence-corrected chi connectivity index (χ2v) is 6.13. The van der Waals surface area contributed by atoms with Crippen LogP contribution in [0.15, 0.2) is 18.2 Å². The van der Waals surface area contributed by atoms with Gasteiger partial charge in [0.15, 0.2) is 0 Å². The van der Waals surface area contributed by atoms with Gasteiger partial charge in [-0.1, -0.05) is 37.2 Å². The summed E-state index contributed by atoms with van der Waals surface area (Å²) in [6.45, 7) is -0.236. The highest BCUT2D eigenvalue weighted by atomic mass is 32.2. The first kappa shape index (κ1) is 14.4. The number of rotatable bonds is 3. The van der Waals surface area contributed by atoms with Crippen LogP contribution in [0.25, 0.3) is 0 Å². The second kappa shape index (κ2) is 7.57. The number of aliphatic hydroxyl groups is 1. The molecule has 1 aromatic carbocycles. The highest BCUT2D eigenvalue weighted by Crippen LogP contribution is 2.30. The summed E-state index contributed by atoms with van der Waals surface area (Å²) < 4.78 is 13.5. The van der Waals surface area contributed by atoms with Crippen molar-refractivity contribution in [2.24, 2.45) is 0 Å². The zero-order valence-corrected chi connectivity index (χ0v) is 11.8. The summed E-state index contributed by atoms with van der Waals surface area (Å²) in [6.07, 6.45) is 6.67. The molecule has 1 saturated carbocycles. The maximum Gasteiger partial charge on any atom is 0.138 e. The molecular formula is C16H19FOS. The van der Waals surface area contributed by atoms with Crippen LogP contribution in [0.5, 0.6) is 0 Å². The summed E-state index contributed by atoms with van der Waals surface area (Å²) in [6, 6.07) is 5.10. The van der Waals surface area contributed by atoms with Crippen molar-refractivity contribution in [1.29, 1.82) is 0 Å². The third kappa shape index (κ3) is 4.56. The molecule has 0 heterocycles. The second-order valence-electron chi connectivity index (χ2n) is 4.85. The lowest BCUT2D eigenvalue weighted by Crippen LogP contribution is -2.08. The monoisotopic (exact) mass is 278 g/mol. The van der Waals surface area contributed by atoms with E-state index in [4.69, 9.17) is 5.11 Å². The first-order valence-electron chi connectivity index (χ1n) is 6.79. The van der Waals surface area contributed by atoms with E-state index < -0.39 is 0 Å². The van der Waals surface area contributed by atoms with Crippen molar-refractivity contribution in [3.05, 3.63) is 35.1 Å². The highest BCUT2D eigenvalue weighted by Gasteiger charge is 2.13. The van der Waals surface area contributed by atoms with Crippen molar-refractivity contribution in [3.63, 3.8) is 0 Å². The van der Waals surface area contributed by atoms with Gasteiger partial charge in [-0.25, -0.2) is 4.39 Å². The molecular weight excluding hydrogens is 259 g/mol. The Hall–Kier alpha value is -0.980. The van der Waals surface area contributed by atoms with E-state index in [-0.39, 0.29) is 12.4 Å². The molecule has 1 fully saturated rings. The molecule has 3 heteroatoms. The van der Waals surface area contributed by atoms with Crippen molar-refractivity contribution in [2.75, 3.05) is 6.61 Å². The lowest BCUT2D eigenvalue weighted by Gasteiger charge is -2.20. The SMILES string of the molecule is OCC#Cc1cc(CSC2CCCCC2)ccc1F. The number of hydrogen-bond donors (Lipinski definition) is 1. The maximum atomic E-state index is 13.5. The Morgan fingerprint density at radius 1 is 1.26 bits per heavy atom. The average molecular weight is 278 g/mol. The normalized spacial score (nSPS) is 15.9. The fourth-order valence-corrected chi connectivity index (χ4v) is 3.61. The minimum atomic E-state index is -0.313. The van der Waals surface area contributed by atoms with Crippen LogP contribution in [0, 0.1) is 17.7 Å². The summed E-state index contributed by atoms with van der Waals surface area (Å²) in [5, 5.41) is 9.42. The van der Waals surface area contributed by atoms with Crippen LogP contribution >= 0.6 is 11.8 Å². The Bertz CT molecular complexity index is 469. The van der Waals surface area contributed by atoms with Crippen LogP contribution in [-0.4, -0.2) is 17.0 Å². The predicted octanol–water partition coefficient (Wildman–Crippen LogP) is 3.74. The van der Waals surface area contributed by atoms with Crippen molar-refractivity contribution >= 4 is 11.8 Å². The molecule has 1 aromatic rings. The largest absolute Gasteiger partial charge is 0.384 e. The first-order valence-corrected chi connectivity index (χ1v) is 7.84. The molecule has 0 atom stereocenters. The van der Waals surface area contributed by atoms with Crippen LogP contribution in [0.4, 0.5) is 4.39 Å². The van der Waals surface area contributed by atoms with Gasteiger partial charge in [0.2, 0.25) is 0 Å². The summed E-state index contributed by atoms with van der Waals surface area (Å²) in [7, 11) is 0. The van der Waals surface area contributed by atoms with Crippen LogP contribution in [0.1, 0.15) is 43.2 Å². The van der Waals surface area contributed by atoms with Crippen molar-refractivity contribution in [1.82, 2.24) is 0 Å². The van der Waals surface area contributed by atoms with E-state index >= 15 is 0 Å². The third-order valence-electron chi connectivity index (χ3n) is 3.37. The highest BCUT2D eigenvalue weighted by molar-refractivity contribution is 7.99.